The summed E-state index contributed by atoms with van der Waals surface area (Å²) in [6.45, 7) is 0. The van der Waals surface area contributed by atoms with Crippen molar-refractivity contribution in [3.8, 4) is 39.2 Å². The average Bonchev–Trinajstić information content (AvgIpc) is 3.82. The molecule has 0 amide bonds. The number of hydrogen-bond donors (Lipinski definition) is 0. The van der Waals surface area contributed by atoms with Gasteiger partial charge in [-0.3, -0.25) is 0 Å². The normalized spacial score (nSPS) is 11.9. The van der Waals surface area contributed by atoms with E-state index in [0.717, 1.165) is 22.5 Å². The van der Waals surface area contributed by atoms with Crippen LogP contribution in [0.4, 0.5) is 0 Å². The van der Waals surface area contributed by atoms with E-state index in [-0.39, 0.29) is 0 Å². The van der Waals surface area contributed by atoms with Gasteiger partial charge in [-0.1, -0.05) is 152 Å². The van der Waals surface area contributed by atoms with Crippen molar-refractivity contribution in [3.05, 3.63) is 194 Å². The van der Waals surface area contributed by atoms with Crippen LogP contribution in [0.25, 0.3) is 114 Å². The van der Waals surface area contributed by atoms with Crippen molar-refractivity contribution < 1.29 is 0 Å². The lowest BCUT2D eigenvalue weighted by atomic mass is 9.92. The topological polar surface area (TPSA) is 17.8 Å². The van der Waals surface area contributed by atoms with E-state index in [2.05, 4.69) is 199 Å². The molecule has 56 heavy (non-hydrogen) atoms. The van der Waals surface area contributed by atoms with E-state index in [1.165, 1.54) is 91.2 Å². The quantitative estimate of drug-likeness (QED) is 0.176. The summed E-state index contributed by atoms with van der Waals surface area (Å²) in [5.41, 5.74) is 11.5. The van der Waals surface area contributed by atoms with Gasteiger partial charge < -0.3 is 4.57 Å². The Kier molecular flexibility index (Phi) is 6.83. The summed E-state index contributed by atoms with van der Waals surface area (Å²) in [5, 5.41) is 11.2. The fraction of sp³-hybridized carbons (Fsp3) is 0. The largest absolute Gasteiger partial charge is 0.309 e. The minimum absolute atomic E-state index is 0.971. The standard InChI is InChI=1S/C53H32N2S/c1-2-14-38(15-3-1)55-47-20-9-8-18-42(47)43-27-25-37(31-48(43)55)33-21-23-36(24-22-33)46-32-45(41-19-10-13-34-11-4-6-16-39(34)41)44-28-30-50-52(53(44)54-46)51-40-17-7-5-12-35(40)26-29-49(51)56-50/h1-32H. The Hall–Kier alpha value is -7.07. The number of pyridine rings is 1. The van der Waals surface area contributed by atoms with Gasteiger partial charge in [0.05, 0.1) is 22.2 Å². The number of fused-ring (bicyclic) bond motifs is 11. The highest BCUT2D eigenvalue weighted by molar-refractivity contribution is 7.26. The molecule has 0 fully saturated rings. The van der Waals surface area contributed by atoms with Crippen LogP contribution in [0.3, 0.4) is 0 Å². The van der Waals surface area contributed by atoms with Crippen LogP contribution in [-0.2, 0) is 0 Å². The molecular weight excluding hydrogens is 697 g/mol. The monoisotopic (exact) mass is 728 g/mol. The van der Waals surface area contributed by atoms with Crippen molar-refractivity contribution in [1.29, 1.82) is 0 Å². The molecule has 0 spiro atoms. The third-order valence-electron chi connectivity index (χ3n) is 11.6. The van der Waals surface area contributed by atoms with Crippen molar-refractivity contribution in [2.75, 3.05) is 0 Å². The predicted octanol–water partition coefficient (Wildman–Crippen LogP) is 15.0. The molecule has 260 valence electrons. The molecule has 3 heteroatoms. The number of para-hydroxylation sites is 2. The van der Waals surface area contributed by atoms with E-state index in [1.54, 1.807) is 0 Å². The number of nitrogens with zero attached hydrogens (tertiary/aromatic N) is 2. The zero-order valence-electron chi connectivity index (χ0n) is 30.3. The highest BCUT2D eigenvalue weighted by atomic mass is 32.1. The van der Waals surface area contributed by atoms with E-state index in [4.69, 9.17) is 4.98 Å². The second kappa shape index (κ2) is 12.2. The van der Waals surface area contributed by atoms with Gasteiger partial charge in [-0.25, -0.2) is 4.98 Å². The first-order chi connectivity index (χ1) is 27.8. The van der Waals surface area contributed by atoms with Gasteiger partial charge in [0.15, 0.2) is 0 Å². The van der Waals surface area contributed by atoms with E-state index in [1.807, 2.05) is 11.3 Å². The van der Waals surface area contributed by atoms with Crippen molar-refractivity contribution in [2.24, 2.45) is 0 Å². The smallest absolute Gasteiger partial charge is 0.0809 e. The summed E-state index contributed by atoms with van der Waals surface area (Å²) in [4.78, 5) is 5.59. The van der Waals surface area contributed by atoms with Gasteiger partial charge in [-0.15, -0.1) is 11.3 Å². The summed E-state index contributed by atoms with van der Waals surface area (Å²) >= 11 is 1.86. The van der Waals surface area contributed by atoms with E-state index >= 15 is 0 Å². The molecule has 0 atom stereocenters. The van der Waals surface area contributed by atoms with Gasteiger partial charge in [-0.05, 0) is 86.3 Å². The molecule has 2 nitrogen and oxygen atoms in total. The van der Waals surface area contributed by atoms with Crippen LogP contribution in [0.2, 0.25) is 0 Å². The van der Waals surface area contributed by atoms with Crippen molar-refractivity contribution in [2.45, 2.75) is 0 Å². The van der Waals surface area contributed by atoms with Crippen molar-refractivity contribution in [1.82, 2.24) is 9.55 Å². The van der Waals surface area contributed by atoms with Crippen LogP contribution in [0.15, 0.2) is 194 Å². The average molecular weight is 729 g/mol. The fourth-order valence-corrected chi connectivity index (χ4v) is 10.1. The zero-order valence-corrected chi connectivity index (χ0v) is 31.1. The van der Waals surface area contributed by atoms with Crippen LogP contribution in [0, 0.1) is 0 Å². The number of hydrogen-bond acceptors (Lipinski definition) is 2. The summed E-state index contributed by atoms with van der Waals surface area (Å²) in [7, 11) is 0. The predicted molar refractivity (Wildman–Crippen MR) is 240 cm³/mol. The number of benzene rings is 9. The van der Waals surface area contributed by atoms with Gasteiger partial charge in [0, 0.05) is 47.6 Å². The molecule has 0 aliphatic rings. The summed E-state index contributed by atoms with van der Waals surface area (Å²) in [6, 6.07) is 70.8. The molecule has 3 heterocycles. The Morgan fingerprint density at radius 2 is 1.00 bits per heavy atom. The second-order valence-electron chi connectivity index (χ2n) is 14.7. The summed E-state index contributed by atoms with van der Waals surface area (Å²) in [5.74, 6) is 0. The SMILES string of the molecule is c1ccc(-n2c3ccccc3c3ccc(-c4ccc(-c5cc(-c6cccc7ccccc67)c6ccc7sc8ccc9ccccc9c8c7c6n5)cc4)cc32)cc1. The molecule has 0 radical (unpaired) electrons. The molecule has 0 aliphatic heterocycles. The molecule has 0 saturated heterocycles. The molecule has 9 aromatic carbocycles. The maximum Gasteiger partial charge on any atom is 0.0809 e. The van der Waals surface area contributed by atoms with Gasteiger partial charge in [0.25, 0.3) is 0 Å². The lowest BCUT2D eigenvalue weighted by Gasteiger charge is -2.14. The lowest BCUT2D eigenvalue weighted by Crippen LogP contribution is -1.93. The van der Waals surface area contributed by atoms with Crippen LogP contribution in [0.5, 0.6) is 0 Å². The Bertz CT molecular complexity index is 3510. The highest BCUT2D eigenvalue weighted by Crippen LogP contribution is 2.45. The van der Waals surface area contributed by atoms with Crippen molar-refractivity contribution in [3.63, 3.8) is 0 Å². The molecule has 3 aromatic heterocycles. The number of rotatable bonds is 4. The van der Waals surface area contributed by atoms with Crippen LogP contribution in [-0.4, -0.2) is 9.55 Å². The van der Waals surface area contributed by atoms with Gasteiger partial charge in [-0.2, -0.15) is 0 Å². The summed E-state index contributed by atoms with van der Waals surface area (Å²) in [6.07, 6.45) is 0. The van der Waals surface area contributed by atoms with E-state index in [0.29, 0.717) is 0 Å². The van der Waals surface area contributed by atoms with Gasteiger partial charge in [0.2, 0.25) is 0 Å². The first-order valence-corrected chi connectivity index (χ1v) is 19.9. The Balaban J connectivity index is 1.07. The fourth-order valence-electron chi connectivity index (χ4n) is 8.98. The molecular formula is C53H32N2S. The first kappa shape index (κ1) is 31.3. The van der Waals surface area contributed by atoms with Crippen LogP contribution >= 0.6 is 11.3 Å². The second-order valence-corrected chi connectivity index (χ2v) is 15.8. The third-order valence-corrected chi connectivity index (χ3v) is 12.7. The molecule has 12 rings (SSSR count). The summed E-state index contributed by atoms with van der Waals surface area (Å²) < 4.78 is 4.93. The Morgan fingerprint density at radius 1 is 0.375 bits per heavy atom. The molecule has 0 aliphatic carbocycles. The minimum Gasteiger partial charge on any atom is -0.309 e. The molecule has 0 saturated carbocycles. The molecule has 0 N–H and O–H groups in total. The van der Waals surface area contributed by atoms with Crippen LogP contribution < -0.4 is 0 Å². The van der Waals surface area contributed by atoms with E-state index in [9.17, 15) is 0 Å². The maximum absolute atomic E-state index is 5.59. The number of aromatic nitrogens is 2. The van der Waals surface area contributed by atoms with E-state index < -0.39 is 0 Å². The molecule has 0 unspecified atom stereocenters. The minimum atomic E-state index is 0.971. The van der Waals surface area contributed by atoms with Crippen LogP contribution in [0.1, 0.15) is 0 Å². The number of thiophene rings is 1. The Labute approximate surface area is 327 Å². The highest BCUT2D eigenvalue weighted by Gasteiger charge is 2.19. The van der Waals surface area contributed by atoms with Gasteiger partial charge in [0.1, 0.15) is 0 Å². The lowest BCUT2D eigenvalue weighted by molar-refractivity contribution is 1.18. The molecule has 0 bridgehead atoms. The zero-order chi connectivity index (χ0) is 36.7. The van der Waals surface area contributed by atoms with Gasteiger partial charge >= 0.3 is 0 Å². The maximum atomic E-state index is 5.59. The third kappa shape index (κ3) is 4.71. The van der Waals surface area contributed by atoms with Crippen molar-refractivity contribution >= 4 is 85.8 Å². The molecule has 12 aromatic rings. The first-order valence-electron chi connectivity index (χ1n) is 19.1. The Morgan fingerprint density at radius 3 is 1.86 bits per heavy atom.